The predicted octanol–water partition coefficient (Wildman–Crippen LogP) is 3.21. The molecule has 0 saturated heterocycles. The van der Waals surface area contributed by atoms with Crippen LogP contribution in [0.2, 0.25) is 0 Å². The summed E-state index contributed by atoms with van der Waals surface area (Å²) in [7, 11) is 6.24. The van der Waals surface area contributed by atoms with Gasteiger partial charge in [-0.2, -0.15) is 0 Å². The van der Waals surface area contributed by atoms with E-state index in [4.69, 9.17) is 18.9 Å². The fraction of sp³-hybridized carbons (Fsp3) is 0.316. The molecule has 6 nitrogen and oxygen atoms in total. The fourth-order valence-corrected chi connectivity index (χ4v) is 2.47. The van der Waals surface area contributed by atoms with Gasteiger partial charge in [-0.3, -0.25) is 4.79 Å². The van der Waals surface area contributed by atoms with Crippen LogP contribution < -0.4 is 24.3 Å². The van der Waals surface area contributed by atoms with Crippen molar-refractivity contribution < 1.29 is 23.7 Å². The Hall–Kier alpha value is -2.89. The number of nitrogens with one attached hydrogen (secondary N) is 1. The van der Waals surface area contributed by atoms with Gasteiger partial charge < -0.3 is 24.3 Å². The number of carbonyl (C=O) groups excluding carboxylic acids is 1. The molecule has 6 heteroatoms. The summed E-state index contributed by atoms with van der Waals surface area (Å²) in [6, 6.07) is 10.4. The summed E-state index contributed by atoms with van der Waals surface area (Å²) in [5.74, 6) is 2.10. The molecule has 0 bridgehead atoms. The minimum atomic E-state index is -0.234. The first-order valence-corrected chi connectivity index (χ1v) is 7.78. The molecule has 0 aliphatic rings. The number of methoxy groups -OCH3 is 4. The van der Waals surface area contributed by atoms with Crippen LogP contribution >= 0.6 is 0 Å². The summed E-state index contributed by atoms with van der Waals surface area (Å²) in [5.41, 5.74) is 1.34. The Labute approximate surface area is 147 Å². The molecule has 1 N–H and O–H groups in total. The Balaban J connectivity index is 2.20. The zero-order valence-electron chi connectivity index (χ0n) is 15.1. The monoisotopic (exact) mass is 345 g/mol. The number of ether oxygens (including phenoxy) is 4. The van der Waals surface area contributed by atoms with Crippen LogP contribution in [0.25, 0.3) is 0 Å². The molecule has 0 spiro atoms. The molecular weight excluding hydrogens is 322 g/mol. The van der Waals surface area contributed by atoms with Gasteiger partial charge in [0.1, 0.15) is 11.5 Å². The van der Waals surface area contributed by atoms with E-state index in [9.17, 15) is 4.79 Å². The quantitative estimate of drug-likeness (QED) is 0.835. The van der Waals surface area contributed by atoms with E-state index < -0.39 is 0 Å². The summed E-state index contributed by atoms with van der Waals surface area (Å²) >= 11 is 0. The smallest absolute Gasteiger partial charge is 0.255 e. The van der Waals surface area contributed by atoms with Crippen molar-refractivity contribution in [3.05, 3.63) is 47.5 Å². The van der Waals surface area contributed by atoms with E-state index in [2.05, 4.69) is 5.32 Å². The van der Waals surface area contributed by atoms with Crippen molar-refractivity contribution in [2.75, 3.05) is 28.4 Å². The third-order valence-corrected chi connectivity index (χ3v) is 3.91. The second-order valence-electron chi connectivity index (χ2n) is 5.38. The van der Waals surface area contributed by atoms with Crippen LogP contribution in [0.15, 0.2) is 36.4 Å². The zero-order valence-corrected chi connectivity index (χ0v) is 15.1. The average molecular weight is 345 g/mol. The van der Waals surface area contributed by atoms with Gasteiger partial charge >= 0.3 is 0 Å². The number of rotatable bonds is 7. The van der Waals surface area contributed by atoms with Crippen molar-refractivity contribution in [3.63, 3.8) is 0 Å². The van der Waals surface area contributed by atoms with E-state index in [1.165, 1.54) is 7.11 Å². The number of hydrogen-bond donors (Lipinski definition) is 1. The third-order valence-electron chi connectivity index (χ3n) is 3.91. The maximum absolute atomic E-state index is 12.6. The molecule has 0 heterocycles. The van der Waals surface area contributed by atoms with Crippen LogP contribution in [0, 0.1) is 0 Å². The van der Waals surface area contributed by atoms with Gasteiger partial charge in [0.05, 0.1) is 40.0 Å². The Morgan fingerprint density at radius 3 is 2.12 bits per heavy atom. The lowest BCUT2D eigenvalue weighted by Crippen LogP contribution is -2.27. The molecule has 25 heavy (non-hydrogen) atoms. The Kier molecular flexibility index (Phi) is 6.11. The Morgan fingerprint density at radius 1 is 0.840 bits per heavy atom. The van der Waals surface area contributed by atoms with E-state index in [-0.39, 0.29) is 11.9 Å². The second-order valence-corrected chi connectivity index (χ2v) is 5.38. The maximum atomic E-state index is 12.6. The van der Waals surface area contributed by atoms with Crippen LogP contribution in [0.5, 0.6) is 23.0 Å². The topological polar surface area (TPSA) is 66.0 Å². The number of amides is 1. The molecule has 0 aliphatic carbocycles. The van der Waals surface area contributed by atoms with Crippen LogP contribution in [-0.4, -0.2) is 34.3 Å². The lowest BCUT2D eigenvalue weighted by molar-refractivity contribution is 0.0936. The van der Waals surface area contributed by atoms with E-state index >= 15 is 0 Å². The SMILES string of the molecule is COc1ccc(C(=O)NC(C)c2ccc(OC)c(OC)c2)c(OC)c1. The van der Waals surface area contributed by atoms with Crippen LogP contribution in [-0.2, 0) is 0 Å². The molecule has 1 amide bonds. The first-order chi connectivity index (χ1) is 12.0. The minimum absolute atomic E-state index is 0.223. The van der Waals surface area contributed by atoms with E-state index in [0.29, 0.717) is 28.6 Å². The highest BCUT2D eigenvalue weighted by molar-refractivity contribution is 5.97. The highest BCUT2D eigenvalue weighted by Gasteiger charge is 2.17. The summed E-state index contributed by atoms with van der Waals surface area (Å²) in [4.78, 5) is 12.6. The summed E-state index contributed by atoms with van der Waals surface area (Å²) in [6.45, 7) is 1.90. The fourth-order valence-electron chi connectivity index (χ4n) is 2.47. The first kappa shape index (κ1) is 18.4. The number of carbonyl (C=O) groups is 1. The van der Waals surface area contributed by atoms with Crippen molar-refractivity contribution in [2.24, 2.45) is 0 Å². The minimum Gasteiger partial charge on any atom is -0.497 e. The summed E-state index contributed by atoms with van der Waals surface area (Å²) in [5, 5.41) is 2.96. The molecule has 1 atom stereocenters. The van der Waals surface area contributed by atoms with Crippen molar-refractivity contribution >= 4 is 5.91 Å². The Bertz CT molecular complexity index is 745. The van der Waals surface area contributed by atoms with Gasteiger partial charge in [-0.25, -0.2) is 0 Å². The Morgan fingerprint density at radius 2 is 1.52 bits per heavy atom. The first-order valence-electron chi connectivity index (χ1n) is 7.78. The van der Waals surface area contributed by atoms with Gasteiger partial charge in [0, 0.05) is 6.07 Å². The molecule has 134 valence electrons. The molecule has 0 aliphatic heterocycles. The van der Waals surface area contributed by atoms with Crippen molar-refractivity contribution in [1.29, 1.82) is 0 Å². The highest BCUT2D eigenvalue weighted by Crippen LogP contribution is 2.30. The lowest BCUT2D eigenvalue weighted by Gasteiger charge is -2.17. The van der Waals surface area contributed by atoms with Crippen molar-refractivity contribution in [3.8, 4) is 23.0 Å². The van der Waals surface area contributed by atoms with Gasteiger partial charge in [-0.1, -0.05) is 6.07 Å². The largest absolute Gasteiger partial charge is 0.497 e. The summed E-state index contributed by atoms with van der Waals surface area (Å²) in [6.07, 6.45) is 0. The van der Waals surface area contributed by atoms with E-state index in [0.717, 1.165) is 5.56 Å². The van der Waals surface area contributed by atoms with Crippen molar-refractivity contribution in [1.82, 2.24) is 5.32 Å². The van der Waals surface area contributed by atoms with Crippen LogP contribution in [0.3, 0.4) is 0 Å². The maximum Gasteiger partial charge on any atom is 0.255 e. The second kappa shape index (κ2) is 8.28. The van der Waals surface area contributed by atoms with E-state index in [1.54, 1.807) is 39.5 Å². The van der Waals surface area contributed by atoms with Gasteiger partial charge in [0.2, 0.25) is 0 Å². The van der Waals surface area contributed by atoms with Gasteiger partial charge in [0.15, 0.2) is 11.5 Å². The highest BCUT2D eigenvalue weighted by atomic mass is 16.5. The van der Waals surface area contributed by atoms with Crippen LogP contribution in [0.1, 0.15) is 28.9 Å². The standard InChI is InChI=1S/C19H23NO5/c1-12(13-6-9-16(23-3)18(10-13)25-5)20-19(21)15-8-7-14(22-2)11-17(15)24-4/h6-12H,1-5H3,(H,20,21). The lowest BCUT2D eigenvalue weighted by atomic mass is 10.1. The molecular formula is C19H23NO5. The zero-order chi connectivity index (χ0) is 18.4. The van der Waals surface area contributed by atoms with Crippen molar-refractivity contribution in [2.45, 2.75) is 13.0 Å². The molecule has 0 radical (unpaired) electrons. The molecule has 0 saturated carbocycles. The summed E-state index contributed by atoms with van der Waals surface area (Å²) < 4.78 is 21.0. The average Bonchev–Trinajstić information content (AvgIpc) is 2.66. The molecule has 0 aromatic heterocycles. The molecule has 2 aromatic carbocycles. The van der Waals surface area contributed by atoms with Gasteiger partial charge in [-0.15, -0.1) is 0 Å². The van der Waals surface area contributed by atoms with E-state index in [1.807, 2.05) is 25.1 Å². The van der Waals surface area contributed by atoms with Gasteiger partial charge in [0.25, 0.3) is 5.91 Å². The normalized spacial score (nSPS) is 11.4. The number of hydrogen-bond acceptors (Lipinski definition) is 5. The molecule has 0 fully saturated rings. The molecule has 2 aromatic rings. The van der Waals surface area contributed by atoms with Gasteiger partial charge in [-0.05, 0) is 36.8 Å². The van der Waals surface area contributed by atoms with Crippen LogP contribution in [0.4, 0.5) is 0 Å². The molecule has 2 rings (SSSR count). The predicted molar refractivity (Wildman–Crippen MR) is 95.0 cm³/mol. The third kappa shape index (κ3) is 4.15. The number of benzene rings is 2. The molecule has 1 unspecified atom stereocenters.